The molecule has 1 heterocycles. The van der Waals surface area contributed by atoms with Crippen LogP contribution >= 0.6 is 23.1 Å². The molecule has 0 saturated carbocycles. The Balaban J connectivity index is 1.65. The first-order valence-corrected chi connectivity index (χ1v) is 13.2. The quantitative estimate of drug-likeness (QED) is 0.343. The Morgan fingerprint density at radius 3 is 2.38 bits per heavy atom. The molecular weight excluding hydrogens is 490 g/mol. The van der Waals surface area contributed by atoms with Crippen molar-refractivity contribution in [2.45, 2.75) is 32.2 Å². The summed E-state index contributed by atoms with van der Waals surface area (Å²) < 4.78 is 34.0. The van der Waals surface area contributed by atoms with Gasteiger partial charge in [0, 0.05) is 28.8 Å². The van der Waals surface area contributed by atoms with Crippen LogP contribution < -0.4 is 5.32 Å². The Morgan fingerprint density at radius 2 is 1.71 bits per heavy atom. The van der Waals surface area contributed by atoms with Crippen molar-refractivity contribution in [3.8, 4) is 0 Å². The Kier molecular flexibility index (Phi) is 7.04. The van der Waals surface area contributed by atoms with Crippen LogP contribution in [0.4, 0.5) is 5.69 Å². The van der Waals surface area contributed by atoms with Crippen molar-refractivity contribution in [2.24, 2.45) is 0 Å². The van der Waals surface area contributed by atoms with Gasteiger partial charge in [-0.05, 0) is 79.3 Å². The molecular formula is C25H24ClN3O3S2. The van der Waals surface area contributed by atoms with Gasteiger partial charge in [0.25, 0.3) is 0 Å². The van der Waals surface area contributed by atoms with Gasteiger partial charge in [0.2, 0.25) is 15.9 Å². The predicted molar refractivity (Wildman–Crippen MR) is 138 cm³/mol. The molecule has 0 saturated heterocycles. The van der Waals surface area contributed by atoms with E-state index in [9.17, 15) is 13.2 Å². The predicted octanol–water partition coefficient (Wildman–Crippen LogP) is 5.70. The lowest BCUT2D eigenvalue weighted by Crippen LogP contribution is -2.38. The van der Waals surface area contributed by atoms with E-state index in [0.717, 1.165) is 21.2 Å². The van der Waals surface area contributed by atoms with Gasteiger partial charge in [0.05, 0.1) is 16.1 Å². The maximum absolute atomic E-state index is 13.8. The molecule has 1 amide bonds. The number of rotatable bonds is 7. The summed E-state index contributed by atoms with van der Waals surface area (Å²) >= 11 is 7.37. The smallest absolute Gasteiger partial charge is 0.244 e. The van der Waals surface area contributed by atoms with Crippen LogP contribution in [0.15, 0.2) is 65.7 Å². The average molecular weight is 514 g/mol. The fourth-order valence-electron chi connectivity index (χ4n) is 4.03. The first kappa shape index (κ1) is 24.3. The zero-order valence-electron chi connectivity index (χ0n) is 19.0. The van der Waals surface area contributed by atoms with Crippen molar-refractivity contribution in [3.63, 3.8) is 0 Å². The molecule has 0 aliphatic heterocycles. The second-order valence-corrected chi connectivity index (χ2v) is 11.4. The largest absolute Gasteiger partial charge is 0.325 e. The summed E-state index contributed by atoms with van der Waals surface area (Å²) in [6, 6.07) is 16.1. The van der Waals surface area contributed by atoms with Crippen LogP contribution in [-0.4, -0.2) is 29.5 Å². The number of nitrogens with zero attached hydrogens (tertiary/aromatic N) is 2. The molecule has 0 aliphatic carbocycles. The summed E-state index contributed by atoms with van der Waals surface area (Å²) in [7, 11) is -3.97. The van der Waals surface area contributed by atoms with Crippen LogP contribution in [-0.2, 0) is 21.4 Å². The van der Waals surface area contributed by atoms with Crippen molar-refractivity contribution < 1.29 is 13.2 Å². The lowest BCUT2D eigenvalue weighted by molar-refractivity contribution is -0.116. The summed E-state index contributed by atoms with van der Waals surface area (Å²) in [6.45, 7) is 5.18. The summed E-state index contributed by atoms with van der Waals surface area (Å²) in [5, 5.41) is 4.29. The number of hydrogen-bond donors (Lipinski definition) is 1. The molecule has 0 atom stereocenters. The van der Waals surface area contributed by atoms with E-state index in [4.69, 9.17) is 11.6 Å². The third kappa shape index (κ3) is 5.31. The summed E-state index contributed by atoms with van der Waals surface area (Å²) in [5.74, 6) is -0.428. The molecule has 0 aliphatic rings. The SMILES string of the molecule is Cc1cc(C)c(S(=O)(=O)N(CC(=O)Nc2ccc3sncc3c2)Cc2ccc(Cl)cc2)c(C)c1. The molecule has 1 aromatic heterocycles. The summed E-state index contributed by atoms with van der Waals surface area (Å²) in [4.78, 5) is 13.2. The van der Waals surface area contributed by atoms with Gasteiger partial charge in [0.15, 0.2) is 0 Å². The molecule has 3 aromatic carbocycles. The average Bonchev–Trinajstić information content (AvgIpc) is 3.21. The highest BCUT2D eigenvalue weighted by molar-refractivity contribution is 7.89. The zero-order valence-corrected chi connectivity index (χ0v) is 21.4. The van der Waals surface area contributed by atoms with Crippen molar-refractivity contribution in [1.29, 1.82) is 0 Å². The molecule has 0 spiro atoms. The van der Waals surface area contributed by atoms with Crippen molar-refractivity contribution in [1.82, 2.24) is 8.68 Å². The van der Waals surface area contributed by atoms with Crippen molar-refractivity contribution in [3.05, 3.63) is 88.1 Å². The third-order valence-electron chi connectivity index (χ3n) is 5.43. The molecule has 0 unspecified atom stereocenters. The minimum Gasteiger partial charge on any atom is -0.325 e. The van der Waals surface area contributed by atoms with E-state index in [1.54, 1.807) is 50.4 Å². The lowest BCUT2D eigenvalue weighted by Gasteiger charge is -2.24. The lowest BCUT2D eigenvalue weighted by atomic mass is 10.1. The Labute approximate surface area is 208 Å². The molecule has 0 bridgehead atoms. The molecule has 0 radical (unpaired) electrons. The fraction of sp³-hybridized carbons (Fsp3) is 0.200. The number of aromatic nitrogens is 1. The van der Waals surface area contributed by atoms with Crippen LogP contribution in [0.5, 0.6) is 0 Å². The van der Waals surface area contributed by atoms with E-state index < -0.39 is 15.9 Å². The number of halogens is 1. The van der Waals surface area contributed by atoms with Gasteiger partial charge >= 0.3 is 0 Å². The zero-order chi connectivity index (χ0) is 24.5. The van der Waals surface area contributed by atoms with Crippen molar-refractivity contribution >= 4 is 54.8 Å². The molecule has 9 heteroatoms. The number of nitrogens with one attached hydrogen (secondary N) is 1. The van der Waals surface area contributed by atoms with Crippen molar-refractivity contribution in [2.75, 3.05) is 11.9 Å². The number of fused-ring (bicyclic) bond motifs is 1. The van der Waals surface area contributed by atoms with Gasteiger partial charge in [-0.2, -0.15) is 8.68 Å². The third-order valence-corrected chi connectivity index (χ3v) is 8.56. The fourth-order valence-corrected chi connectivity index (χ4v) is 6.58. The molecule has 4 rings (SSSR count). The second kappa shape index (κ2) is 9.84. The Bertz CT molecular complexity index is 1440. The minimum absolute atomic E-state index is 0.0349. The normalized spacial score (nSPS) is 11.8. The van der Waals surface area contributed by atoms with Crippen LogP contribution in [0.2, 0.25) is 5.02 Å². The molecule has 176 valence electrons. The van der Waals surface area contributed by atoms with Gasteiger partial charge in [-0.1, -0.05) is 41.4 Å². The molecule has 4 aromatic rings. The van der Waals surface area contributed by atoms with Crippen LogP contribution in [0.3, 0.4) is 0 Å². The number of benzene rings is 3. The van der Waals surface area contributed by atoms with E-state index in [1.807, 2.05) is 31.2 Å². The van der Waals surface area contributed by atoms with Gasteiger partial charge in [-0.15, -0.1) is 0 Å². The molecule has 6 nitrogen and oxygen atoms in total. The number of amides is 1. The van der Waals surface area contributed by atoms with Gasteiger partial charge in [-0.25, -0.2) is 8.42 Å². The van der Waals surface area contributed by atoms with E-state index in [2.05, 4.69) is 9.69 Å². The number of anilines is 1. The maximum Gasteiger partial charge on any atom is 0.244 e. The van der Waals surface area contributed by atoms with E-state index >= 15 is 0 Å². The Morgan fingerprint density at radius 1 is 1.03 bits per heavy atom. The van der Waals surface area contributed by atoms with Gasteiger partial charge in [-0.3, -0.25) is 4.79 Å². The van der Waals surface area contributed by atoms with E-state index in [-0.39, 0.29) is 18.0 Å². The number of aryl methyl sites for hydroxylation is 3. The topological polar surface area (TPSA) is 79.4 Å². The van der Waals surface area contributed by atoms with E-state index in [1.165, 1.54) is 15.8 Å². The number of carbonyl (C=O) groups is 1. The highest BCUT2D eigenvalue weighted by Crippen LogP contribution is 2.27. The Hall–Kier alpha value is -2.78. The van der Waals surface area contributed by atoms with Crippen LogP contribution in [0, 0.1) is 20.8 Å². The molecule has 34 heavy (non-hydrogen) atoms. The monoisotopic (exact) mass is 513 g/mol. The first-order chi connectivity index (χ1) is 16.1. The number of carbonyl (C=O) groups excluding carboxylic acids is 1. The van der Waals surface area contributed by atoms with Crippen LogP contribution in [0.25, 0.3) is 10.1 Å². The number of sulfonamides is 1. The second-order valence-electron chi connectivity index (χ2n) is 8.25. The summed E-state index contributed by atoms with van der Waals surface area (Å²) in [6.07, 6.45) is 1.73. The van der Waals surface area contributed by atoms with Gasteiger partial charge in [0.1, 0.15) is 0 Å². The standard InChI is InChI=1S/C25H24ClN3O3S2/c1-16-10-17(2)25(18(3)11-16)34(31,32)29(14-19-4-6-21(26)7-5-19)15-24(30)28-22-8-9-23-20(12-22)13-27-33-23/h4-13H,14-15H2,1-3H3,(H,28,30). The molecule has 1 N–H and O–H groups in total. The summed E-state index contributed by atoms with van der Waals surface area (Å²) in [5.41, 5.74) is 3.59. The van der Waals surface area contributed by atoms with E-state index in [0.29, 0.717) is 21.8 Å². The highest BCUT2D eigenvalue weighted by atomic mass is 35.5. The van der Waals surface area contributed by atoms with Gasteiger partial charge < -0.3 is 5.32 Å². The maximum atomic E-state index is 13.8. The molecule has 0 fully saturated rings. The highest BCUT2D eigenvalue weighted by Gasteiger charge is 2.30. The number of hydrogen-bond acceptors (Lipinski definition) is 5. The van der Waals surface area contributed by atoms with Crippen LogP contribution in [0.1, 0.15) is 22.3 Å². The first-order valence-electron chi connectivity index (χ1n) is 10.6. The minimum atomic E-state index is -3.97.